The first kappa shape index (κ1) is 25.9. The highest BCUT2D eigenvalue weighted by atomic mass is 32.2. The van der Waals surface area contributed by atoms with Crippen LogP contribution in [0.15, 0.2) is 18.7 Å². The van der Waals surface area contributed by atoms with Crippen LogP contribution in [0.5, 0.6) is 0 Å². The summed E-state index contributed by atoms with van der Waals surface area (Å²) in [6, 6.07) is 0. The van der Waals surface area contributed by atoms with E-state index in [1.54, 1.807) is 27.9 Å². The molecule has 1 aromatic rings. The number of aryl methyl sites for hydroxylation is 1. The molecule has 0 amide bonds. The molecule has 1 atom stereocenters. The third-order valence-electron chi connectivity index (χ3n) is 4.02. The van der Waals surface area contributed by atoms with Crippen molar-refractivity contribution in [1.29, 1.82) is 0 Å². The zero-order valence-corrected chi connectivity index (χ0v) is 16.9. The number of aromatic nitrogens is 2. The monoisotopic (exact) mass is 418 g/mol. The quantitative estimate of drug-likeness (QED) is 0.172. The third kappa shape index (κ3) is 15.6. The van der Waals surface area contributed by atoms with Crippen LogP contribution in [0, 0.1) is 0 Å². The van der Waals surface area contributed by atoms with Crippen molar-refractivity contribution in [3.63, 3.8) is 0 Å². The minimum absolute atomic E-state index is 0.462. The Labute approximate surface area is 159 Å². The number of hydrogen-bond acceptors (Lipinski definition) is 2. The molecule has 0 bridgehead atoms. The number of imidazole rings is 1. The molecule has 1 rings (SSSR count). The molecule has 0 fully saturated rings. The van der Waals surface area contributed by atoms with Gasteiger partial charge in [-0.1, -0.05) is 58.3 Å². The predicted molar refractivity (Wildman–Crippen MR) is 98.2 cm³/mol. The van der Waals surface area contributed by atoms with Gasteiger partial charge in [-0.05, 0) is 6.42 Å². The van der Waals surface area contributed by atoms with Gasteiger partial charge in [0.25, 0.3) is 0 Å². The van der Waals surface area contributed by atoms with Gasteiger partial charge >= 0.3 is 17.4 Å². The van der Waals surface area contributed by atoms with Crippen LogP contribution >= 0.6 is 0 Å². The molecule has 0 aliphatic heterocycles. The van der Waals surface area contributed by atoms with Gasteiger partial charge in [0.05, 0.1) is 7.05 Å². The van der Waals surface area contributed by atoms with Crippen LogP contribution < -0.4 is 4.57 Å². The Morgan fingerprint density at radius 1 is 1.00 bits per heavy atom. The molecular weight excluding hydrogens is 387 g/mol. The summed E-state index contributed by atoms with van der Waals surface area (Å²) >= 11 is 0. The molecule has 1 N–H and O–H groups in total. The van der Waals surface area contributed by atoms with Crippen molar-refractivity contribution in [3.05, 3.63) is 18.7 Å². The number of halogens is 4. The summed E-state index contributed by atoms with van der Waals surface area (Å²) in [5.74, 6) is 0. The number of rotatable bonds is 12. The molecule has 0 saturated heterocycles. The fraction of sp³-hybridized carbons (Fsp3) is 0.812. The van der Waals surface area contributed by atoms with Gasteiger partial charge < -0.3 is 17.3 Å². The summed E-state index contributed by atoms with van der Waals surface area (Å²) in [6.45, 7) is 2.22. The predicted octanol–water partition coefficient (Wildman–Crippen LogP) is 4.92. The van der Waals surface area contributed by atoms with Crippen molar-refractivity contribution in [2.24, 2.45) is 7.05 Å². The Morgan fingerprint density at radius 3 is 1.81 bits per heavy atom. The normalized spacial score (nSPS) is 13.1. The Kier molecular flexibility index (Phi) is 12.6. The average molecular weight is 418 g/mol. The molecule has 27 heavy (non-hydrogen) atoms. The molecule has 0 aliphatic carbocycles. The molecule has 0 spiro atoms. The largest absolute Gasteiger partial charge is 0.673 e. The van der Waals surface area contributed by atoms with Gasteiger partial charge in [-0.2, -0.15) is 8.42 Å². The van der Waals surface area contributed by atoms with Crippen molar-refractivity contribution >= 4 is 17.4 Å². The van der Waals surface area contributed by atoms with Crippen LogP contribution in [-0.2, 0) is 17.2 Å². The standard InChI is InChI=1S/C16H30N2O3S.BF4/c1-3-4-5-6-7-8-9-10-11-12-16(22(19,20)21)18-14-13-17(2)15-18;2-1(3,4)5/h13-16H,3-12H2,1-2H3;/q;-1/p+1. The maximum atomic E-state index is 11.5. The van der Waals surface area contributed by atoms with Crippen molar-refractivity contribution in [1.82, 2.24) is 4.57 Å². The molecule has 11 heteroatoms. The number of hydrogen-bond donors (Lipinski definition) is 1. The van der Waals surface area contributed by atoms with E-state index in [9.17, 15) is 30.2 Å². The summed E-state index contributed by atoms with van der Waals surface area (Å²) in [7, 11) is -8.23. The molecule has 160 valence electrons. The highest BCUT2D eigenvalue weighted by Gasteiger charge is 2.28. The first-order chi connectivity index (χ1) is 12.4. The van der Waals surface area contributed by atoms with Crippen LogP contribution in [-0.4, -0.2) is 24.8 Å². The number of unbranched alkanes of at least 4 members (excludes halogenated alkanes) is 8. The van der Waals surface area contributed by atoms with Crippen LogP contribution in [0.25, 0.3) is 0 Å². The summed E-state index contributed by atoms with van der Waals surface area (Å²) in [5.41, 5.74) is 0. The van der Waals surface area contributed by atoms with E-state index in [-0.39, 0.29) is 0 Å². The van der Waals surface area contributed by atoms with Crippen molar-refractivity contribution in [3.8, 4) is 0 Å². The summed E-state index contributed by atoms with van der Waals surface area (Å²) in [4.78, 5) is 0. The van der Waals surface area contributed by atoms with Gasteiger partial charge in [0.2, 0.25) is 11.7 Å². The van der Waals surface area contributed by atoms with E-state index in [1.165, 1.54) is 38.5 Å². The Morgan fingerprint density at radius 2 is 1.44 bits per heavy atom. The van der Waals surface area contributed by atoms with Crippen LogP contribution in [0.1, 0.15) is 76.5 Å². The fourth-order valence-electron chi connectivity index (χ4n) is 2.72. The van der Waals surface area contributed by atoms with Crippen LogP contribution in [0.3, 0.4) is 0 Å². The third-order valence-corrected chi connectivity index (χ3v) is 5.19. The first-order valence-corrected chi connectivity index (χ1v) is 10.8. The molecule has 0 saturated carbocycles. The zero-order chi connectivity index (χ0) is 20.9. The second kappa shape index (κ2) is 13.1. The number of nitrogens with zero attached hydrogens (tertiary/aromatic N) is 2. The Balaban J connectivity index is 0.00000119. The van der Waals surface area contributed by atoms with Gasteiger partial charge in [0.1, 0.15) is 12.4 Å². The maximum Gasteiger partial charge on any atom is 0.673 e. The van der Waals surface area contributed by atoms with E-state index >= 15 is 0 Å². The molecule has 1 aromatic heterocycles. The van der Waals surface area contributed by atoms with E-state index in [4.69, 9.17) is 0 Å². The van der Waals surface area contributed by atoms with E-state index < -0.39 is 22.7 Å². The average Bonchev–Trinajstić information content (AvgIpc) is 2.92. The molecule has 0 aromatic carbocycles. The van der Waals surface area contributed by atoms with Crippen molar-refractivity contribution in [2.75, 3.05) is 0 Å². The van der Waals surface area contributed by atoms with Gasteiger partial charge in [0.15, 0.2) is 0 Å². The maximum absolute atomic E-state index is 11.5. The SMILES string of the molecule is CCCCCCCCCCCC(n1cc[n+](C)c1)S(=O)(=O)O.F[B-](F)(F)F. The minimum Gasteiger partial charge on any atom is -0.418 e. The van der Waals surface area contributed by atoms with E-state index in [2.05, 4.69) is 6.92 Å². The minimum atomic E-state index is -6.00. The van der Waals surface area contributed by atoms with E-state index in [1.807, 2.05) is 7.05 Å². The van der Waals surface area contributed by atoms with Gasteiger partial charge in [-0.15, -0.1) is 0 Å². The lowest BCUT2D eigenvalue weighted by molar-refractivity contribution is -0.671. The molecular formula is C16H31BF4N2O3S. The fourth-order valence-corrected chi connectivity index (χ4v) is 3.62. The molecule has 1 unspecified atom stereocenters. The second-order valence-corrected chi connectivity index (χ2v) is 8.18. The van der Waals surface area contributed by atoms with E-state index in [0.717, 1.165) is 19.3 Å². The van der Waals surface area contributed by atoms with E-state index in [0.29, 0.717) is 6.42 Å². The molecule has 5 nitrogen and oxygen atoms in total. The Bertz CT molecular complexity index is 603. The summed E-state index contributed by atoms with van der Waals surface area (Å²) < 4.78 is 74.8. The van der Waals surface area contributed by atoms with Crippen LogP contribution in [0.2, 0.25) is 0 Å². The Hall–Kier alpha value is -1.10. The van der Waals surface area contributed by atoms with Crippen molar-refractivity contribution in [2.45, 2.75) is 76.5 Å². The van der Waals surface area contributed by atoms with Gasteiger partial charge in [-0.25, -0.2) is 9.13 Å². The molecule has 1 heterocycles. The second-order valence-electron chi connectivity index (χ2n) is 6.61. The molecule has 0 radical (unpaired) electrons. The first-order valence-electron chi connectivity index (χ1n) is 9.31. The highest BCUT2D eigenvalue weighted by Crippen LogP contribution is 2.21. The summed E-state index contributed by atoms with van der Waals surface area (Å²) in [5, 5.41) is -0.863. The topological polar surface area (TPSA) is 63.2 Å². The van der Waals surface area contributed by atoms with Gasteiger partial charge in [-0.3, -0.25) is 4.55 Å². The van der Waals surface area contributed by atoms with Gasteiger partial charge in [0, 0.05) is 6.42 Å². The lowest BCUT2D eigenvalue weighted by atomic mass is 10.1. The summed E-state index contributed by atoms with van der Waals surface area (Å²) in [6.07, 6.45) is 16.3. The lowest BCUT2D eigenvalue weighted by Gasteiger charge is -2.10. The van der Waals surface area contributed by atoms with Crippen LogP contribution in [0.4, 0.5) is 17.3 Å². The zero-order valence-electron chi connectivity index (χ0n) is 16.0. The van der Waals surface area contributed by atoms with Crippen molar-refractivity contribution < 1.29 is 34.8 Å². The lowest BCUT2D eigenvalue weighted by Crippen LogP contribution is -2.26. The highest BCUT2D eigenvalue weighted by molar-refractivity contribution is 7.85. The molecule has 0 aliphatic rings. The smallest absolute Gasteiger partial charge is 0.418 e.